The lowest BCUT2D eigenvalue weighted by atomic mass is 9.95. The Hall–Kier alpha value is -1.35. The smallest absolute Gasteiger partial charge is 0.305 e. The Kier molecular flexibility index (Phi) is 5.18. The first-order chi connectivity index (χ1) is 9.58. The summed E-state index contributed by atoms with van der Waals surface area (Å²) in [5.74, 6) is -0.708. The first kappa shape index (κ1) is 15.0. The van der Waals surface area contributed by atoms with Gasteiger partial charge in [-0.05, 0) is 50.9 Å². The topological polar surface area (TPSA) is 40.5 Å². The summed E-state index contributed by atoms with van der Waals surface area (Å²) in [5, 5.41) is 9.28. The maximum Gasteiger partial charge on any atom is 0.305 e. The van der Waals surface area contributed by atoms with E-state index < -0.39 is 5.97 Å². The van der Waals surface area contributed by atoms with E-state index in [1.54, 1.807) is 0 Å². The minimum absolute atomic E-state index is 0.0190. The summed E-state index contributed by atoms with van der Waals surface area (Å²) < 4.78 is 0. The quantitative estimate of drug-likeness (QED) is 0.911. The van der Waals surface area contributed by atoms with Crippen LogP contribution in [0.3, 0.4) is 0 Å². The van der Waals surface area contributed by atoms with Gasteiger partial charge in [-0.1, -0.05) is 36.6 Å². The summed E-state index contributed by atoms with van der Waals surface area (Å²) in [6.07, 6.45) is 5.10. The van der Waals surface area contributed by atoms with Gasteiger partial charge in [-0.25, -0.2) is 0 Å². The minimum atomic E-state index is -0.708. The Morgan fingerprint density at radius 1 is 1.20 bits per heavy atom. The molecule has 3 nitrogen and oxygen atoms in total. The number of aliphatic carboxylic acids is 1. The third kappa shape index (κ3) is 3.83. The number of hydrogen-bond acceptors (Lipinski definition) is 2. The molecular formula is C17H25NO2. The highest BCUT2D eigenvalue weighted by molar-refractivity contribution is 5.68. The van der Waals surface area contributed by atoms with Crippen LogP contribution in [0.1, 0.15) is 54.8 Å². The van der Waals surface area contributed by atoms with Crippen LogP contribution in [0.4, 0.5) is 0 Å². The number of carboxylic acids is 1. The molecule has 110 valence electrons. The fourth-order valence-corrected chi connectivity index (χ4v) is 3.13. The van der Waals surface area contributed by atoms with Crippen LogP contribution >= 0.6 is 0 Å². The van der Waals surface area contributed by atoms with E-state index in [2.05, 4.69) is 36.9 Å². The predicted octanol–water partition coefficient (Wildman–Crippen LogP) is 3.70. The van der Waals surface area contributed by atoms with Gasteiger partial charge in [0.25, 0.3) is 0 Å². The molecule has 1 aromatic rings. The zero-order chi connectivity index (χ0) is 14.5. The zero-order valence-electron chi connectivity index (χ0n) is 12.6. The average Bonchev–Trinajstić information content (AvgIpc) is 2.67. The fourth-order valence-electron chi connectivity index (χ4n) is 3.13. The molecule has 0 bridgehead atoms. The lowest BCUT2D eigenvalue weighted by molar-refractivity contribution is -0.138. The van der Waals surface area contributed by atoms with Gasteiger partial charge in [0, 0.05) is 6.04 Å². The van der Waals surface area contributed by atoms with Gasteiger partial charge in [0.1, 0.15) is 0 Å². The molecule has 0 aromatic heterocycles. The van der Waals surface area contributed by atoms with Crippen LogP contribution in [-0.2, 0) is 4.79 Å². The molecule has 0 amide bonds. The Labute approximate surface area is 121 Å². The third-order valence-corrected chi connectivity index (χ3v) is 4.24. The number of hydrogen-bond donors (Lipinski definition) is 1. The molecule has 1 N–H and O–H groups in total. The maximum atomic E-state index is 11.3. The Bertz CT molecular complexity index is 462. The van der Waals surface area contributed by atoms with Gasteiger partial charge in [0.2, 0.25) is 0 Å². The van der Waals surface area contributed by atoms with Crippen molar-refractivity contribution in [3.63, 3.8) is 0 Å². The van der Waals surface area contributed by atoms with Gasteiger partial charge in [0.05, 0.1) is 6.42 Å². The number of likely N-dealkylation sites (tertiary alicyclic amines) is 1. The van der Waals surface area contributed by atoms with Crippen LogP contribution in [0.5, 0.6) is 0 Å². The zero-order valence-corrected chi connectivity index (χ0v) is 12.6. The highest BCUT2D eigenvalue weighted by Gasteiger charge is 2.25. The van der Waals surface area contributed by atoms with Crippen molar-refractivity contribution in [1.82, 2.24) is 4.90 Å². The standard InChI is InChI=1S/C17H25NO2/c1-13-7-8-14(2)15(11-13)16(12-17(19)20)18-9-5-3-4-6-10-18/h7-8,11,16H,3-6,9-10,12H2,1-2H3,(H,19,20). The number of benzene rings is 1. The monoisotopic (exact) mass is 275 g/mol. The summed E-state index contributed by atoms with van der Waals surface area (Å²) in [7, 11) is 0. The number of rotatable bonds is 4. The van der Waals surface area contributed by atoms with Crippen molar-refractivity contribution in [2.24, 2.45) is 0 Å². The van der Waals surface area contributed by atoms with E-state index in [1.165, 1.54) is 42.4 Å². The second-order valence-electron chi connectivity index (χ2n) is 5.92. The van der Waals surface area contributed by atoms with Crippen molar-refractivity contribution in [3.05, 3.63) is 34.9 Å². The van der Waals surface area contributed by atoms with Crippen LogP contribution in [0, 0.1) is 13.8 Å². The number of carbonyl (C=O) groups is 1. The second kappa shape index (κ2) is 6.89. The van der Waals surface area contributed by atoms with E-state index in [9.17, 15) is 9.90 Å². The largest absolute Gasteiger partial charge is 0.481 e. The second-order valence-corrected chi connectivity index (χ2v) is 5.92. The summed E-state index contributed by atoms with van der Waals surface area (Å²) in [4.78, 5) is 13.7. The summed E-state index contributed by atoms with van der Waals surface area (Å²) in [6, 6.07) is 6.38. The van der Waals surface area contributed by atoms with Crippen molar-refractivity contribution in [2.75, 3.05) is 13.1 Å². The highest BCUT2D eigenvalue weighted by atomic mass is 16.4. The van der Waals surface area contributed by atoms with Crippen LogP contribution in [0.25, 0.3) is 0 Å². The first-order valence-electron chi connectivity index (χ1n) is 7.61. The van der Waals surface area contributed by atoms with E-state index >= 15 is 0 Å². The molecule has 1 aliphatic heterocycles. The molecule has 1 aromatic carbocycles. The predicted molar refractivity (Wildman–Crippen MR) is 81.0 cm³/mol. The van der Waals surface area contributed by atoms with Gasteiger partial charge >= 0.3 is 5.97 Å². The van der Waals surface area contributed by atoms with E-state index in [1.807, 2.05) is 0 Å². The van der Waals surface area contributed by atoms with E-state index in [4.69, 9.17) is 0 Å². The summed E-state index contributed by atoms with van der Waals surface area (Å²) >= 11 is 0. The van der Waals surface area contributed by atoms with Gasteiger partial charge in [-0.2, -0.15) is 0 Å². The molecule has 0 radical (unpaired) electrons. The van der Waals surface area contributed by atoms with E-state index in [-0.39, 0.29) is 12.5 Å². The van der Waals surface area contributed by atoms with Crippen molar-refractivity contribution in [1.29, 1.82) is 0 Å². The molecular weight excluding hydrogens is 250 g/mol. The third-order valence-electron chi connectivity index (χ3n) is 4.24. The van der Waals surface area contributed by atoms with Crippen molar-refractivity contribution in [3.8, 4) is 0 Å². The van der Waals surface area contributed by atoms with Crippen molar-refractivity contribution < 1.29 is 9.90 Å². The van der Waals surface area contributed by atoms with Crippen LogP contribution < -0.4 is 0 Å². The van der Waals surface area contributed by atoms with Gasteiger partial charge in [-0.15, -0.1) is 0 Å². The van der Waals surface area contributed by atoms with Crippen LogP contribution in [0.2, 0.25) is 0 Å². The molecule has 20 heavy (non-hydrogen) atoms. The van der Waals surface area contributed by atoms with Crippen molar-refractivity contribution in [2.45, 2.75) is 52.0 Å². The lowest BCUT2D eigenvalue weighted by Gasteiger charge is -2.31. The molecule has 3 heteroatoms. The Morgan fingerprint density at radius 3 is 2.45 bits per heavy atom. The summed E-state index contributed by atoms with van der Waals surface area (Å²) in [6.45, 7) is 6.20. The Morgan fingerprint density at radius 2 is 1.85 bits per heavy atom. The molecule has 1 saturated heterocycles. The molecule has 2 rings (SSSR count). The first-order valence-corrected chi connectivity index (χ1v) is 7.61. The number of carboxylic acid groups (broad SMARTS) is 1. The molecule has 0 saturated carbocycles. The van der Waals surface area contributed by atoms with Gasteiger partial charge in [0.15, 0.2) is 0 Å². The molecule has 0 spiro atoms. The molecule has 1 fully saturated rings. The number of nitrogens with zero attached hydrogens (tertiary/aromatic N) is 1. The fraction of sp³-hybridized carbons (Fsp3) is 0.588. The number of aryl methyl sites for hydroxylation is 2. The molecule has 1 atom stereocenters. The van der Waals surface area contributed by atoms with Crippen molar-refractivity contribution >= 4 is 5.97 Å². The molecule has 0 aliphatic carbocycles. The van der Waals surface area contributed by atoms with Gasteiger partial charge < -0.3 is 5.11 Å². The maximum absolute atomic E-state index is 11.3. The minimum Gasteiger partial charge on any atom is -0.481 e. The van der Waals surface area contributed by atoms with E-state index in [0.29, 0.717) is 0 Å². The Balaban J connectivity index is 2.30. The SMILES string of the molecule is Cc1ccc(C)c(C(CC(=O)O)N2CCCCCC2)c1. The molecule has 1 aliphatic rings. The molecule has 1 heterocycles. The van der Waals surface area contributed by atoms with Gasteiger partial charge in [-0.3, -0.25) is 9.69 Å². The average molecular weight is 275 g/mol. The van der Waals surface area contributed by atoms with Crippen LogP contribution in [0.15, 0.2) is 18.2 Å². The normalized spacial score (nSPS) is 18.5. The van der Waals surface area contributed by atoms with Crippen LogP contribution in [-0.4, -0.2) is 29.1 Å². The lowest BCUT2D eigenvalue weighted by Crippen LogP contribution is -2.32. The molecule has 1 unspecified atom stereocenters. The highest BCUT2D eigenvalue weighted by Crippen LogP contribution is 2.30. The van der Waals surface area contributed by atoms with E-state index in [0.717, 1.165) is 13.1 Å². The summed E-state index contributed by atoms with van der Waals surface area (Å²) in [5.41, 5.74) is 3.59.